The van der Waals surface area contributed by atoms with Crippen molar-refractivity contribution < 1.29 is 4.79 Å². The predicted molar refractivity (Wildman–Crippen MR) is 133 cm³/mol. The Bertz CT molecular complexity index is 1430. The molecule has 168 valence electrons. The van der Waals surface area contributed by atoms with Crippen LogP contribution < -0.4 is 5.32 Å². The van der Waals surface area contributed by atoms with Crippen LogP contribution in [0, 0.1) is 0 Å². The molecule has 0 saturated carbocycles. The number of fused-ring (bicyclic) bond motifs is 1. The van der Waals surface area contributed by atoms with Crippen LogP contribution in [0.4, 0.5) is 0 Å². The topological polar surface area (TPSA) is 72.7 Å². The summed E-state index contributed by atoms with van der Waals surface area (Å²) in [4.78, 5) is 17.4. The Hall–Kier alpha value is -4.32. The summed E-state index contributed by atoms with van der Waals surface area (Å²) in [7, 11) is 0. The lowest BCUT2D eigenvalue weighted by Gasteiger charge is -2.18. The number of hydrogen-bond acceptors (Lipinski definition) is 4. The number of pyridine rings is 1. The molecule has 0 spiro atoms. The van der Waals surface area contributed by atoms with Gasteiger partial charge in [-0.1, -0.05) is 72.8 Å². The molecule has 3 aromatic carbocycles. The normalized spacial score (nSPS) is 11.9. The molecule has 34 heavy (non-hydrogen) atoms. The number of nitrogens with one attached hydrogen (secondary N) is 1. The Morgan fingerprint density at radius 3 is 2.65 bits per heavy atom. The second-order valence-corrected chi connectivity index (χ2v) is 8.24. The minimum absolute atomic E-state index is 0.0390. The van der Waals surface area contributed by atoms with Crippen LogP contribution in [0.25, 0.3) is 22.0 Å². The molecule has 1 atom stereocenters. The third-order valence-electron chi connectivity index (χ3n) is 5.98. The number of rotatable bonds is 7. The quantitative estimate of drug-likeness (QED) is 0.361. The van der Waals surface area contributed by atoms with Gasteiger partial charge in [0.15, 0.2) is 0 Å². The van der Waals surface area contributed by atoms with E-state index >= 15 is 0 Å². The molecule has 0 aliphatic rings. The van der Waals surface area contributed by atoms with Gasteiger partial charge in [0, 0.05) is 28.9 Å². The van der Waals surface area contributed by atoms with Crippen LogP contribution in [-0.2, 0) is 6.54 Å². The zero-order valence-electron chi connectivity index (χ0n) is 18.9. The molecule has 0 fully saturated rings. The van der Waals surface area contributed by atoms with Gasteiger partial charge < -0.3 is 5.32 Å². The fourth-order valence-corrected chi connectivity index (χ4v) is 4.15. The van der Waals surface area contributed by atoms with Crippen LogP contribution >= 0.6 is 0 Å². The Labute approximate surface area is 198 Å². The molecule has 2 aromatic heterocycles. The van der Waals surface area contributed by atoms with Crippen LogP contribution in [0.5, 0.6) is 0 Å². The number of nitrogens with zero attached hydrogens (tertiary/aromatic N) is 4. The highest BCUT2D eigenvalue weighted by Gasteiger charge is 2.17. The van der Waals surface area contributed by atoms with Gasteiger partial charge in [-0.2, -0.15) is 0 Å². The minimum atomic E-state index is -0.0882. The van der Waals surface area contributed by atoms with Crippen LogP contribution in [0.1, 0.15) is 40.9 Å². The summed E-state index contributed by atoms with van der Waals surface area (Å²) in [5.41, 5.74) is 4.42. The summed E-state index contributed by atoms with van der Waals surface area (Å²) in [6, 6.07) is 25.8. The molecule has 0 aliphatic heterocycles. The molecule has 0 aliphatic carbocycles. The number of hydrogen-bond donors (Lipinski definition) is 1. The van der Waals surface area contributed by atoms with Crippen molar-refractivity contribution in [1.82, 2.24) is 25.3 Å². The van der Waals surface area contributed by atoms with E-state index in [-0.39, 0.29) is 11.9 Å². The lowest BCUT2D eigenvalue weighted by Crippen LogP contribution is -2.29. The molecule has 0 unspecified atom stereocenters. The standard InChI is InChI=1S/C28H25N5O/c1-2-26(20-8-4-3-5-9-20)30-28(34)25-11-7-6-10-24(25)18-33-19-27(31-32-33)22-12-13-23-17-29-15-14-21(23)16-22/h3-17,19,26H,2,18H2,1H3,(H,30,34)/t26-/m0/s1. The van der Waals surface area contributed by atoms with Gasteiger partial charge in [0.1, 0.15) is 5.69 Å². The molecule has 0 saturated heterocycles. The highest BCUT2D eigenvalue weighted by atomic mass is 16.1. The maximum absolute atomic E-state index is 13.2. The Kier molecular flexibility index (Phi) is 6.12. The number of benzene rings is 3. The van der Waals surface area contributed by atoms with Gasteiger partial charge in [0.05, 0.1) is 18.8 Å². The molecule has 1 amide bonds. The summed E-state index contributed by atoms with van der Waals surface area (Å²) in [6.07, 6.45) is 6.35. The van der Waals surface area contributed by atoms with Gasteiger partial charge >= 0.3 is 0 Å². The molecule has 6 heteroatoms. The van der Waals surface area contributed by atoms with Gasteiger partial charge in [-0.15, -0.1) is 5.10 Å². The molecular weight excluding hydrogens is 422 g/mol. The highest BCUT2D eigenvalue weighted by molar-refractivity contribution is 5.96. The van der Waals surface area contributed by atoms with E-state index < -0.39 is 0 Å². The highest BCUT2D eigenvalue weighted by Crippen LogP contribution is 2.23. The van der Waals surface area contributed by atoms with Crippen molar-refractivity contribution in [2.75, 3.05) is 0 Å². The molecule has 6 nitrogen and oxygen atoms in total. The lowest BCUT2D eigenvalue weighted by atomic mass is 10.0. The monoisotopic (exact) mass is 447 g/mol. The van der Waals surface area contributed by atoms with Gasteiger partial charge in [0.2, 0.25) is 0 Å². The zero-order valence-corrected chi connectivity index (χ0v) is 18.9. The van der Waals surface area contributed by atoms with Crippen LogP contribution in [0.2, 0.25) is 0 Å². The van der Waals surface area contributed by atoms with Crippen LogP contribution in [0.15, 0.2) is 97.5 Å². The fourth-order valence-electron chi connectivity index (χ4n) is 4.15. The van der Waals surface area contributed by atoms with Crippen molar-refractivity contribution in [3.05, 3.63) is 114 Å². The summed E-state index contributed by atoms with van der Waals surface area (Å²) in [5.74, 6) is -0.0882. The van der Waals surface area contributed by atoms with Gasteiger partial charge in [-0.25, -0.2) is 4.68 Å². The van der Waals surface area contributed by atoms with Crippen LogP contribution in [-0.4, -0.2) is 25.9 Å². The van der Waals surface area contributed by atoms with E-state index in [0.29, 0.717) is 12.1 Å². The average molecular weight is 448 g/mol. The largest absolute Gasteiger partial charge is 0.345 e. The molecule has 5 rings (SSSR count). The fraction of sp³-hybridized carbons (Fsp3) is 0.143. The maximum atomic E-state index is 13.2. The third-order valence-corrected chi connectivity index (χ3v) is 5.98. The summed E-state index contributed by atoms with van der Waals surface area (Å²) < 4.78 is 1.77. The Balaban J connectivity index is 1.36. The second kappa shape index (κ2) is 9.67. The van der Waals surface area contributed by atoms with E-state index in [1.165, 1.54) is 0 Å². The van der Waals surface area contributed by atoms with Gasteiger partial charge in [-0.3, -0.25) is 9.78 Å². The minimum Gasteiger partial charge on any atom is -0.345 e. The maximum Gasteiger partial charge on any atom is 0.252 e. The first-order chi connectivity index (χ1) is 16.7. The molecule has 1 N–H and O–H groups in total. The van der Waals surface area contributed by atoms with E-state index in [2.05, 4.69) is 33.6 Å². The average Bonchev–Trinajstić information content (AvgIpc) is 3.36. The second-order valence-electron chi connectivity index (χ2n) is 8.24. The van der Waals surface area contributed by atoms with Crippen molar-refractivity contribution in [3.63, 3.8) is 0 Å². The number of carbonyl (C=O) groups excluding carboxylic acids is 1. The van der Waals surface area contributed by atoms with E-state index in [1.807, 2.05) is 85.2 Å². The van der Waals surface area contributed by atoms with Crippen molar-refractivity contribution >= 4 is 16.7 Å². The van der Waals surface area contributed by atoms with Gasteiger partial charge in [-0.05, 0) is 41.1 Å². The first-order valence-electron chi connectivity index (χ1n) is 11.4. The third kappa shape index (κ3) is 4.57. The smallest absolute Gasteiger partial charge is 0.252 e. The summed E-state index contributed by atoms with van der Waals surface area (Å²) >= 11 is 0. The zero-order chi connectivity index (χ0) is 23.3. The van der Waals surface area contributed by atoms with Crippen molar-refractivity contribution in [1.29, 1.82) is 0 Å². The molecule has 0 radical (unpaired) electrons. The SMILES string of the molecule is CC[C@H](NC(=O)c1ccccc1Cn1cc(-c2ccc3cnccc3c2)nn1)c1ccccc1. The Morgan fingerprint density at radius 1 is 0.971 bits per heavy atom. The number of aromatic nitrogens is 4. The van der Waals surface area contributed by atoms with E-state index in [4.69, 9.17) is 0 Å². The molecule has 2 heterocycles. The van der Waals surface area contributed by atoms with Crippen molar-refractivity contribution in [3.8, 4) is 11.3 Å². The number of carbonyl (C=O) groups is 1. The van der Waals surface area contributed by atoms with E-state index in [1.54, 1.807) is 10.9 Å². The first-order valence-corrected chi connectivity index (χ1v) is 11.4. The first kappa shape index (κ1) is 21.5. The van der Waals surface area contributed by atoms with E-state index in [0.717, 1.165) is 39.6 Å². The summed E-state index contributed by atoms with van der Waals surface area (Å²) in [5, 5.41) is 14.0. The Morgan fingerprint density at radius 2 is 1.79 bits per heavy atom. The predicted octanol–water partition coefficient (Wildman–Crippen LogP) is 5.42. The molecule has 5 aromatic rings. The van der Waals surface area contributed by atoms with Crippen molar-refractivity contribution in [2.45, 2.75) is 25.9 Å². The summed E-state index contributed by atoms with van der Waals surface area (Å²) in [6.45, 7) is 2.53. The van der Waals surface area contributed by atoms with Crippen molar-refractivity contribution in [2.24, 2.45) is 0 Å². The molecular formula is C28H25N5O. The number of amides is 1. The molecule has 0 bridgehead atoms. The van der Waals surface area contributed by atoms with E-state index in [9.17, 15) is 4.79 Å². The van der Waals surface area contributed by atoms with Gasteiger partial charge in [0.25, 0.3) is 5.91 Å². The lowest BCUT2D eigenvalue weighted by molar-refractivity contribution is 0.0934. The van der Waals surface area contributed by atoms with Crippen LogP contribution in [0.3, 0.4) is 0 Å².